The first kappa shape index (κ1) is 17.5. The molecular formula is C16H22ClNO3. The number of hydrogen-bond acceptors (Lipinski definition) is 2. The van der Waals surface area contributed by atoms with Crippen molar-refractivity contribution < 1.29 is 14.7 Å². The van der Waals surface area contributed by atoms with Crippen LogP contribution >= 0.6 is 11.6 Å². The van der Waals surface area contributed by atoms with Crippen molar-refractivity contribution in [1.29, 1.82) is 0 Å². The second kappa shape index (κ2) is 8.03. The van der Waals surface area contributed by atoms with E-state index in [9.17, 15) is 9.59 Å². The summed E-state index contributed by atoms with van der Waals surface area (Å²) in [6.45, 7) is 4.23. The number of carbonyl (C=O) groups is 2. The van der Waals surface area contributed by atoms with Gasteiger partial charge in [-0.15, -0.1) is 0 Å². The molecule has 0 atom stereocenters. The summed E-state index contributed by atoms with van der Waals surface area (Å²) in [5.74, 6) is -0.854. The average Bonchev–Trinajstić information content (AvgIpc) is 2.42. The van der Waals surface area contributed by atoms with E-state index in [0.29, 0.717) is 18.0 Å². The Labute approximate surface area is 130 Å². The Hall–Kier alpha value is -1.55. The lowest BCUT2D eigenvalue weighted by molar-refractivity contribution is -0.137. The van der Waals surface area contributed by atoms with E-state index in [1.54, 1.807) is 6.07 Å². The number of unbranched alkanes of at least 4 members (excludes halogenated alkanes) is 2. The van der Waals surface area contributed by atoms with Crippen LogP contribution < -0.4 is 5.32 Å². The summed E-state index contributed by atoms with van der Waals surface area (Å²) in [5, 5.41) is 12.0. The number of amides is 1. The van der Waals surface area contributed by atoms with Gasteiger partial charge in [0.25, 0.3) is 0 Å². The molecule has 0 radical (unpaired) electrons. The van der Waals surface area contributed by atoms with E-state index in [4.69, 9.17) is 16.7 Å². The highest BCUT2D eigenvalue weighted by Crippen LogP contribution is 2.29. The van der Waals surface area contributed by atoms with Crippen molar-refractivity contribution in [2.45, 2.75) is 44.9 Å². The molecule has 0 aromatic heterocycles. The number of halogens is 1. The smallest absolute Gasteiger partial charge is 0.303 e. The summed E-state index contributed by atoms with van der Waals surface area (Å²) in [5.41, 5.74) is 0.106. The third kappa shape index (κ3) is 5.38. The van der Waals surface area contributed by atoms with Gasteiger partial charge in [0.1, 0.15) is 0 Å². The fourth-order valence-corrected chi connectivity index (χ4v) is 2.46. The number of carbonyl (C=O) groups excluding carboxylic acids is 1. The van der Waals surface area contributed by atoms with Gasteiger partial charge < -0.3 is 10.4 Å². The molecule has 0 spiro atoms. The Kier molecular flexibility index (Phi) is 6.69. The van der Waals surface area contributed by atoms with Gasteiger partial charge in [-0.25, -0.2) is 0 Å². The molecule has 0 aliphatic carbocycles. The Balaban J connectivity index is 2.44. The van der Waals surface area contributed by atoms with Crippen molar-refractivity contribution in [1.82, 2.24) is 5.32 Å². The minimum absolute atomic E-state index is 0.0752. The number of carboxylic acid groups (broad SMARTS) is 1. The molecular weight excluding hydrogens is 290 g/mol. The number of aliphatic carboxylic acids is 1. The molecule has 0 aliphatic heterocycles. The Morgan fingerprint density at radius 1 is 1.19 bits per heavy atom. The van der Waals surface area contributed by atoms with Crippen LogP contribution in [0, 0.1) is 0 Å². The van der Waals surface area contributed by atoms with Crippen molar-refractivity contribution in [3.8, 4) is 0 Å². The van der Waals surface area contributed by atoms with Crippen LogP contribution in [-0.2, 0) is 15.0 Å². The minimum atomic E-state index is -0.779. The molecule has 2 N–H and O–H groups in total. The zero-order chi connectivity index (χ0) is 15.9. The topological polar surface area (TPSA) is 66.4 Å². The van der Waals surface area contributed by atoms with Crippen LogP contribution in [0.3, 0.4) is 0 Å². The van der Waals surface area contributed by atoms with E-state index in [0.717, 1.165) is 18.4 Å². The van der Waals surface area contributed by atoms with Gasteiger partial charge in [-0.05, 0) is 38.3 Å². The molecule has 0 heterocycles. The van der Waals surface area contributed by atoms with Crippen molar-refractivity contribution >= 4 is 23.5 Å². The Morgan fingerprint density at radius 3 is 2.48 bits per heavy atom. The number of hydrogen-bond donors (Lipinski definition) is 2. The lowest BCUT2D eigenvalue weighted by Crippen LogP contribution is -2.40. The molecule has 116 valence electrons. The first-order valence-electron chi connectivity index (χ1n) is 7.11. The van der Waals surface area contributed by atoms with E-state index in [-0.39, 0.29) is 12.3 Å². The van der Waals surface area contributed by atoms with Crippen LogP contribution in [0.25, 0.3) is 0 Å². The Bertz CT molecular complexity index is 500. The van der Waals surface area contributed by atoms with Gasteiger partial charge in [0, 0.05) is 18.0 Å². The normalized spacial score (nSPS) is 11.2. The summed E-state index contributed by atoms with van der Waals surface area (Å²) >= 11 is 6.15. The summed E-state index contributed by atoms with van der Waals surface area (Å²) in [6, 6.07) is 7.33. The van der Waals surface area contributed by atoms with E-state index in [1.165, 1.54) is 0 Å². The fraction of sp³-hybridized carbons (Fsp3) is 0.500. The van der Waals surface area contributed by atoms with Gasteiger partial charge >= 0.3 is 5.97 Å². The lowest BCUT2D eigenvalue weighted by atomic mass is 9.83. The first-order valence-corrected chi connectivity index (χ1v) is 7.48. The summed E-state index contributed by atoms with van der Waals surface area (Å²) in [6.07, 6.45) is 2.38. The van der Waals surface area contributed by atoms with Crippen molar-refractivity contribution in [3.05, 3.63) is 34.9 Å². The third-order valence-corrected chi connectivity index (χ3v) is 3.80. The summed E-state index contributed by atoms with van der Waals surface area (Å²) < 4.78 is 0. The molecule has 0 saturated heterocycles. The van der Waals surface area contributed by atoms with Gasteiger partial charge in [0.05, 0.1) is 5.41 Å². The largest absolute Gasteiger partial charge is 0.481 e. The van der Waals surface area contributed by atoms with Crippen LogP contribution in [0.1, 0.15) is 45.1 Å². The molecule has 0 aliphatic rings. The number of nitrogens with one attached hydrogen (secondary N) is 1. The number of carboxylic acids is 1. The predicted molar refractivity (Wildman–Crippen MR) is 83.6 cm³/mol. The number of rotatable bonds is 8. The van der Waals surface area contributed by atoms with Crippen LogP contribution in [-0.4, -0.2) is 23.5 Å². The standard InChI is InChI=1S/C16H22ClNO3/c1-16(2,12-8-5-6-9-13(12)17)15(21)18-11-7-3-4-10-14(19)20/h5-6,8-9H,3-4,7,10-11H2,1-2H3,(H,18,21)(H,19,20). The molecule has 0 fully saturated rings. The maximum Gasteiger partial charge on any atom is 0.303 e. The summed E-state index contributed by atoms with van der Waals surface area (Å²) in [4.78, 5) is 22.7. The van der Waals surface area contributed by atoms with Gasteiger partial charge in [-0.2, -0.15) is 0 Å². The maximum absolute atomic E-state index is 12.3. The molecule has 0 unspecified atom stereocenters. The van der Waals surface area contributed by atoms with Crippen LogP contribution in [0.5, 0.6) is 0 Å². The van der Waals surface area contributed by atoms with Gasteiger partial charge in [-0.3, -0.25) is 9.59 Å². The molecule has 5 heteroatoms. The van der Waals surface area contributed by atoms with E-state index in [1.807, 2.05) is 32.0 Å². The van der Waals surface area contributed by atoms with Crippen molar-refractivity contribution in [2.24, 2.45) is 0 Å². The average molecular weight is 312 g/mol. The molecule has 4 nitrogen and oxygen atoms in total. The molecule has 0 bridgehead atoms. The second-order valence-electron chi connectivity index (χ2n) is 5.57. The molecule has 0 saturated carbocycles. The van der Waals surface area contributed by atoms with E-state index in [2.05, 4.69) is 5.32 Å². The second-order valence-corrected chi connectivity index (χ2v) is 5.97. The van der Waals surface area contributed by atoms with Crippen LogP contribution in [0.4, 0.5) is 0 Å². The van der Waals surface area contributed by atoms with Crippen molar-refractivity contribution in [2.75, 3.05) is 6.54 Å². The molecule has 1 rings (SSSR count). The van der Waals surface area contributed by atoms with Crippen LogP contribution in [0.15, 0.2) is 24.3 Å². The quantitative estimate of drug-likeness (QED) is 0.723. The van der Waals surface area contributed by atoms with Gasteiger partial charge in [0.15, 0.2) is 0 Å². The van der Waals surface area contributed by atoms with Crippen LogP contribution in [0.2, 0.25) is 5.02 Å². The first-order chi connectivity index (χ1) is 9.85. The monoisotopic (exact) mass is 311 g/mol. The third-order valence-electron chi connectivity index (χ3n) is 3.47. The van der Waals surface area contributed by atoms with Crippen molar-refractivity contribution in [3.63, 3.8) is 0 Å². The summed E-state index contributed by atoms with van der Waals surface area (Å²) in [7, 11) is 0. The molecule has 1 aromatic rings. The van der Waals surface area contributed by atoms with E-state index >= 15 is 0 Å². The van der Waals surface area contributed by atoms with Gasteiger partial charge in [-0.1, -0.05) is 36.2 Å². The molecule has 1 amide bonds. The zero-order valence-corrected chi connectivity index (χ0v) is 13.2. The van der Waals surface area contributed by atoms with E-state index < -0.39 is 11.4 Å². The molecule has 1 aromatic carbocycles. The SMILES string of the molecule is CC(C)(C(=O)NCCCCCC(=O)O)c1ccccc1Cl. The maximum atomic E-state index is 12.3. The highest BCUT2D eigenvalue weighted by atomic mass is 35.5. The lowest BCUT2D eigenvalue weighted by Gasteiger charge is -2.25. The predicted octanol–water partition coefficient (Wildman–Crippen LogP) is 3.38. The Morgan fingerprint density at radius 2 is 1.86 bits per heavy atom. The fourth-order valence-electron chi connectivity index (χ4n) is 2.09. The molecule has 21 heavy (non-hydrogen) atoms. The zero-order valence-electron chi connectivity index (χ0n) is 12.5. The highest BCUT2D eigenvalue weighted by Gasteiger charge is 2.31. The number of benzene rings is 1. The van der Waals surface area contributed by atoms with Gasteiger partial charge in [0.2, 0.25) is 5.91 Å². The highest BCUT2D eigenvalue weighted by molar-refractivity contribution is 6.31. The minimum Gasteiger partial charge on any atom is -0.481 e.